The number of unbranched alkanes of at least 4 members (excludes halogenated alkanes) is 3. The number of allylic oxidation sites excluding steroid dienone is 1. The van der Waals surface area contributed by atoms with E-state index in [-0.39, 0.29) is 0 Å². The fourth-order valence-corrected chi connectivity index (χ4v) is 3.23. The minimum atomic E-state index is -0.813. The predicted octanol–water partition coefficient (Wildman–Crippen LogP) is 5.52. The number of carbonyl (C=O) groups is 1. The molecule has 0 fully saturated rings. The Morgan fingerprint density at radius 1 is 1.09 bits per heavy atom. The molecule has 0 saturated heterocycles. The van der Waals surface area contributed by atoms with E-state index < -0.39 is 5.97 Å². The molecule has 0 heterocycles. The number of hydrogen-bond acceptors (Lipinski definition) is 2. The lowest BCUT2D eigenvalue weighted by molar-refractivity contribution is -0.132. The van der Waals surface area contributed by atoms with Crippen LogP contribution in [0.25, 0.3) is 10.8 Å². The minimum Gasteiger partial charge on any atom is -0.478 e. The number of fused-ring (bicyclic) bond motifs is 1. The molecular formula is C19H22O2S. The minimum absolute atomic E-state index is 0.450. The summed E-state index contributed by atoms with van der Waals surface area (Å²) in [6, 6.07) is 15.0. The van der Waals surface area contributed by atoms with Gasteiger partial charge in [-0.3, -0.25) is 0 Å². The van der Waals surface area contributed by atoms with Gasteiger partial charge in [-0.2, -0.15) is 0 Å². The molecule has 0 unspecified atom stereocenters. The van der Waals surface area contributed by atoms with E-state index in [4.69, 9.17) is 5.11 Å². The molecule has 116 valence electrons. The van der Waals surface area contributed by atoms with Gasteiger partial charge in [0.2, 0.25) is 0 Å². The molecular weight excluding hydrogens is 292 g/mol. The van der Waals surface area contributed by atoms with Gasteiger partial charge < -0.3 is 5.11 Å². The molecule has 2 aromatic carbocycles. The van der Waals surface area contributed by atoms with E-state index in [1.807, 2.05) is 17.8 Å². The summed E-state index contributed by atoms with van der Waals surface area (Å²) in [5, 5.41) is 11.3. The van der Waals surface area contributed by atoms with Gasteiger partial charge in [0.05, 0.1) is 0 Å². The van der Waals surface area contributed by atoms with Gasteiger partial charge in [0, 0.05) is 10.5 Å². The largest absolute Gasteiger partial charge is 0.478 e. The van der Waals surface area contributed by atoms with Crippen molar-refractivity contribution in [3.8, 4) is 0 Å². The Hall–Kier alpha value is -1.74. The second-order valence-corrected chi connectivity index (χ2v) is 6.57. The smallest absolute Gasteiger partial charge is 0.330 e. The van der Waals surface area contributed by atoms with E-state index in [0.717, 1.165) is 31.4 Å². The van der Waals surface area contributed by atoms with Crippen LogP contribution < -0.4 is 0 Å². The summed E-state index contributed by atoms with van der Waals surface area (Å²) < 4.78 is 0. The van der Waals surface area contributed by atoms with Gasteiger partial charge in [-0.1, -0.05) is 42.8 Å². The molecule has 22 heavy (non-hydrogen) atoms. The van der Waals surface area contributed by atoms with Gasteiger partial charge in [0.1, 0.15) is 0 Å². The molecule has 0 aliphatic heterocycles. The molecule has 0 saturated carbocycles. The van der Waals surface area contributed by atoms with Gasteiger partial charge in [0.25, 0.3) is 0 Å². The van der Waals surface area contributed by atoms with Crippen LogP contribution in [-0.2, 0) is 4.79 Å². The first kappa shape index (κ1) is 16.6. The fraction of sp³-hybridized carbons (Fsp3) is 0.316. The lowest BCUT2D eigenvalue weighted by Gasteiger charge is -2.04. The van der Waals surface area contributed by atoms with Crippen molar-refractivity contribution in [2.45, 2.75) is 37.5 Å². The molecule has 0 aliphatic rings. The molecule has 2 rings (SSSR count). The number of carboxylic acid groups (broad SMARTS) is 1. The lowest BCUT2D eigenvalue weighted by atomic mass is 10.1. The number of rotatable bonds is 8. The van der Waals surface area contributed by atoms with Crippen LogP contribution in [-0.4, -0.2) is 16.8 Å². The van der Waals surface area contributed by atoms with Gasteiger partial charge in [0.15, 0.2) is 0 Å². The molecule has 0 aliphatic carbocycles. The standard InChI is InChI=1S/C19H22O2S/c1-15(19(20)21)8-4-2-3-7-13-22-18-12-11-16-9-5-6-10-17(16)14-18/h5-6,8-12,14H,2-4,7,13H2,1H3,(H,20,21). The average molecular weight is 314 g/mol. The number of thioether (sulfide) groups is 1. The molecule has 1 N–H and O–H groups in total. The Labute approximate surface area is 136 Å². The van der Waals surface area contributed by atoms with Crippen molar-refractivity contribution in [2.24, 2.45) is 0 Å². The Morgan fingerprint density at radius 3 is 2.64 bits per heavy atom. The van der Waals surface area contributed by atoms with Crippen LogP contribution in [0.15, 0.2) is 59.0 Å². The zero-order valence-electron chi connectivity index (χ0n) is 12.9. The molecule has 0 bridgehead atoms. The van der Waals surface area contributed by atoms with Gasteiger partial charge in [-0.15, -0.1) is 11.8 Å². The second-order valence-electron chi connectivity index (χ2n) is 5.40. The Morgan fingerprint density at radius 2 is 1.86 bits per heavy atom. The van der Waals surface area contributed by atoms with Gasteiger partial charge in [-0.05, 0) is 54.8 Å². The van der Waals surface area contributed by atoms with E-state index in [1.54, 1.807) is 6.92 Å². The maximum atomic E-state index is 10.6. The summed E-state index contributed by atoms with van der Waals surface area (Å²) in [5.74, 6) is 0.298. The van der Waals surface area contributed by atoms with E-state index >= 15 is 0 Å². The number of hydrogen-bond donors (Lipinski definition) is 1. The summed E-state index contributed by atoms with van der Waals surface area (Å²) in [6.07, 6.45) is 6.04. The third-order valence-electron chi connectivity index (χ3n) is 3.63. The number of aliphatic carboxylic acids is 1. The summed E-state index contributed by atoms with van der Waals surface area (Å²) in [4.78, 5) is 12.0. The summed E-state index contributed by atoms with van der Waals surface area (Å²) >= 11 is 1.89. The van der Waals surface area contributed by atoms with Crippen LogP contribution in [0.2, 0.25) is 0 Å². The van der Waals surface area contributed by atoms with Crippen LogP contribution in [0, 0.1) is 0 Å². The quantitative estimate of drug-likeness (QED) is 0.396. The summed E-state index contributed by atoms with van der Waals surface area (Å²) in [7, 11) is 0. The molecule has 0 amide bonds. The Bertz CT molecular complexity index is 661. The van der Waals surface area contributed by atoms with E-state index in [2.05, 4.69) is 42.5 Å². The SMILES string of the molecule is CC(=CCCCCCSc1ccc2ccccc2c1)C(=O)O. The number of carboxylic acids is 1. The first-order chi connectivity index (χ1) is 10.7. The van der Waals surface area contributed by atoms with Crippen LogP contribution in [0.1, 0.15) is 32.6 Å². The van der Waals surface area contributed by atoms with Crippen molar-refractivity contribution in [2.75, 3.05) is 5.75 Å². The third-order valence-corrected chi connectivity index (χ3v) is 4.71. The maximum Gasteiger partial charge on any atom is 0.330 e. The van der Waals surface area contributed by atoms with Crippen LogP contribution in [0.5, 0.6) is 0 Å². The van der Waals surface area contributed by atoms with Crippen LogP contribution >= 0.6 is 11.8 Å². The topological polar surface area (TPSA) is 37.3 Å². The Balaban J connectivity index is 1.68. The highest BCUT2D eigenvalue weighted by Crippen LogP contribution is 2.24. The Kier molecular flexibility index (Phi) is 6.53. The molecule has 0 atom stereocenters. The summed E-state index contributed by atoms with van der Waals surface area (Å²) in [6.45, 7) is 1.65. The highest BCUT2D eigenvalue weighted by molar-refractivity contribution is 7.99. The lowest BCUT2D eigenvalue weighted by Crippen LogP contribution is -1.95. The van der Waals surface area contributed by atoms with Crippen molar-refractivity contribution in [3.63, 3.8) is 0 Å². The summed E-state index contributed by atoms with van der Waals surface area (Å²) in [5.41, 5.74) is 0.450. The van der Waals surface area contributed by atoms with Crippen molar-refractivity contribution in [1.82, 2.24) is 0 Å². The van der Waals surface area contributed by atoms with Gasteiger partial charge in [-0.25, -0.2) is 4.79 Å². The maximum absolute atomic E-state index is 10.6. The molecule has 2 nitrogen and oxygen atoms in total. The zero-order chi connectivity index (χ0) is 15.8. The zero-order valence-corrected chi connectivity index (χ0v) is 13.7. The van der Waals surface area contributed by atoms with Crippen molar-refractivity contribution < 1.29 is 9.90 Å². The monoisotopic (exact) mass is 314 g/mol. The predicted molar refractivity (Wildman–Crippen MR) is 94.5 cm³/mol. The second kappa shape index (κ2) is 8.64. The molecule has 0 aromatic heterocycles. The highest BCUT2D eigenvalue weighted by atomic mass is 32.2. The van der Waals surface area contributed by atoms with E-state index in [0.29, 0.717) is 5.57 Å². The van der Waals surface area contributed by atoms with Crippen LogP contribution in [0.3, 0.4) is 0 Å². The highest BCUT2D eigenvalue weighted by Gasteiger charge is 1.99. The molecule has 3 heteroatoms. The molecule has 0 radical (unpaired) electrons. The van der Waals surface area contributed by atoms with Gasteiger partial charge >= 0.3 is 5.97 Å². The number of benzene rings is 2. The van der Waals surface area contributed by atoms with Crippen molar-refractivity contribution in [1.29, 1.82) is 0 Å². The fourth-order valence-electron chi connectivity index (χ4n) is 2.28. The first-order valence-electron chi connectivity index (χ1n) is 7.68. The normalized spacial score (nSPS) is 11.8. The average Bonchev–Trinajstić information content (AvgIpc) is 2.53. The van der Waals surface area contributed by atoms with E-state index in [1.165, 1.54) is 15.7 Å². The first-order valence-corrected chi connectivity index (χ1v) is 8.67. The van der Waals surface area contributed by atoms with E-state index in [9.17, 15) is 4.79 Å². The molecule has 2 aromatic rings. The van der Waals surface area contributed by atoms with Crippen molar-refractivity contribution in [3.05, 3.63) is 54.1 Å². The van der Waals surface area contributed by atoms with Crippen molar-refractivity contribution >= 4 is 28.5 Å². The van der Waals surface area contributed by atoms with Crippen LogP contribution in [0.4, 0.5) is 0 Å². The molecule has 0 spiro atoms. The third kappa shape index (κ3) is 5.23.